The fourth-order valence-electron chi connectivity index (χ4n) is 3.92. The summed E-state index contributed by atoms with van der Waals surface area (Å²) >= 11 is 0. The van der Waals surface area contributed by atoms with Gasteiger partial charge in [0.15, 0.2) is 0 Å². The SMILES string of the molecule is NCC1Cc2cc(F)ccc2N(C(=O)Cc2ccc3c(c2)CCC(=O)N3)C1. The van der Waals surface area contributed by atoms with E-state index in [2.05, 4.69) is 5.32 Å². The summed E-state index contributed by atoms with van der Waals surface area (Å²) < 4.78 is 13.6. The van der Waals surface area contributed by atoms with Gasteiger partial charge in [0, 0.05) is 24.3 Å². The van der Waals surface area contributed by atoms with E-state index in [-0.39, 0.29) is 30.0 Å². The number of fused-ring (bicyclic) bond motifs is 2. The molecule has 2 aliphatic rings. The van der Waals surface area contributed by atoms with E-state index in [1.165, 1.54) is 12.1 Å². The topological polar surface area (TPSA) is 75.4 Å². The molecule has 0 aliphatic carbocycles. The summed E-state index contributed by atoms with van der Waals surface area (Å²) in [7, 11) is 0. The highest BCUT2D eigenvalue weighted by Gasteiger charge is 2.28. The summed E-state index contributed by atoms with van der Waals surface area (Å²) in [6, 6.07) is 10.3. The van der Waals surface area contributed by atoms with E-state index < -0.39 is 0 Å². The molecule has 0 radical (unpaired) electrons. The van der Waals surface area contributed by atoms with Crippen molar-refractivity contribution >= 4 is 23.2 Å². The average Bonchev–Trinajstić information content (AvgIpc) is 2.66. The molecular formula is C21H22FN3O2. The minimum Gasteiger partial charge on any atom is -0.330 e. The molecule has 0 saturated carbocycles. The number of benzene rings is 2. The number of hydrogen-bond acceptors (Lipinski definition) is 3. The first-order chi connectivity index (χ1) is 13.0. The van der Waals surface area contributed by atoms with E-state index in [4.69, 9.17) is 5.73 Å². The van der Waals surface area contributed by atoms with Crippen LogP contribution in [-0.2, 0) is 28.9 Å². The van der Waals surface area contributed by atoms with Crippen LogP contribution in [0.2, 0.25) is 0 Å². The van der Waals surface area contributed by atoms with Crippen molar-refractivity contribution in [2.75, 3.05) is 23.3 Å². The fraction of sp³-hybridized carbons (Fsp3) is 0.333. The van der Waals surface area contributed by atoms with Crippen LogP contribution in [-0.4, -0.2) is 24.9 Å². The minimum absolute atomic E-state index is 0.0244. The highest BCUT2D eigenvalue weighted by Crippen LogP contribution is 2.31. The molecule has 2 aromatic rings. The first kappa shape index (κ1) is 17.7. The summed E-state index contributed by atoms with van der Waals surface area (Å²) in [5, 5.41) is 2.85. The number of nitrogens with two attached hydrogens (primary N) is 1. The largest absolute Gasteiger partial charge is 0.330 e. The highest BCUT2D eigenvalue weighted by atomic mass is 19.1. The van der Waals surface area contributed by atoms with E-state index in [0.29, 0.717) is 32.4 Å². The van der Waals surface area contributed by atoms with Crippen LogP contribution >= 0.6 is 0 Å². The summed E-state index contributed by atoms with van der Waals surface area (Å²) in [5.74, 6) is -0.172. The van der Waals surface area contributed by atoms with Crippen molar-refractivity contribution in [3.8, 4) is 0 Å². The smallest absolute Gasteiger partial charge is 0.231 e. The molecule has 2 heterocycles. The maximum Gasteiger partial charge on any atom is 0.231 e. The zero-order valence-electron chi connectivity index (χ0n) is 15.0. The van der Waals surface area contributed by atoms with Crippen LogP contribution in [0.1, 0.15) is 23.1 Å². The number of rotatable bonds is 3. The Labute approximate surface area is 157 Å². The summed E-state index contributed by atoms with van der Waals surface area (Å²) in [6.07, 6.45) is 2.10. The fourth-order valence-corrected chi connectivity index (χ4v) is 3.92. The Kier molecular flexibility index (Phi) is 4.66. The summed E-state index contributed by atoms with van der Waals surface area (Å²) in [6.45, 7) is 1.01. The molecule has 27 heavy (non-hydrogen) atoms. The van der Waals surface area contributed by atoms with E-state index in [1.807, 2.05) is 18.2 Å². The lowest BCUT2D eigenvalue weighted by Gasteiger charge is -2.34. The molecule has 2 aromatic carbocycles. The van der Waals surface area contributed by atoms with Gasteiger partial charge in [-0.2, -0.15) is 0 Å². The molecule has 0 fully saturated rings. The number of aryl methyl sites for hydroxylation is 1. The Bertz CT molecular complexity index is 912. The summed E-state index contributed by atoms with van der Waals surface area (Å²) in [4.78, 5) is 26.2. The van der Waals surface area contributed by atoms with Gasteiger partial charge in [0.1, 0.15) is 5.82 Å². The van der Waals surface area contributed by atoms with Gasteiger partial charge in [-0.25, -0.2) is 4.39 Å². The molecule has 0 spiro atoms. The van der Waals surface area contributed by atoms with Gasteiger partial charge in [0.05, 0.1) is 6.42 Å². The number of halogens is 1. The van der Waals surface area contributed by atoms with Crippen LogP contribution in [0.4, 0.5) is 15.8 Å². The molecule has 140 valence electrons. The molecule has 1 unspecified atom stereocenters. The molecule has 0 bridgehead atoms. The monoisotopic (exact) mass is 367 g/mol. The number of nitrogens with one attached hydrogen (secondary N) is 1. The Balaban J connectivity index is 1.57. The van der Waals surface area contributed by atoms with E-state index in [9.17, 15) is 14.0 Å². The molecule has 4 rings (SSSR count). The van der Waals surface area contributed by atoms with Crippen molar-refractivity contribution in [1.82, 2.24) is 0 Å². The van der Waals surface area contributed by atoms with Gasteiger partial charge in [-0.3, -0.25) is 9.59 Å². The van der Waals surface area contributed by atoms with Gasteiger partial charge in [-0.1, -0.05) is 12.1 Å². The quantitative estimate of drug-likeness (QED) is 0.875. The predicted molar refractivity (Wildman–Crippen MR) is 102 cm³/mol. The molecule has 6 heteroatoms. The Morgan fingerprint density at radius 2 is 2.04 bits per heavy atom. The first-order valence-corrected chi connectivity index (χ1v) is 9.24. The predicted octanol–water partition coefficient (Wildman–Crippen LogP) is 2.42. The number of amides is 2. The van der Waals surface area contributed by atoms with Gasteiger partial charge in [-0.15, -0.1) is 0 Å². The van der Waals surface area contributed by atoms with Crippen molar-refractivity contribution in [1.29, 1.82) is 0 Å². The molecule has 2 aliphatic heterocycles. The van der Waals surface area contributed by atoms with Crippen LogP contribution in [0.25, 0.3) is 0 Å². The van der Waals surface area contributed by atoms with E-state index in [0.717, 1.165) is 28.1 Å². The highest BCUT2D eigenvalue weighted by molar-refractivity contribution is 5.97. The first-order valence-electron chi connectivity index (χ1n) is 9.24. The lowest BCUT2D eigenvalue weighted by molar-refractivity contribution is -0.118. The minimum atomic E-state index is -0.296. The van der Waals surface area contributed by atoms with Crippen molar-refractivity contribution < 1.29 is 14.0 Å². The molecule has 3 N–H and O–H groups in total. The molecule has 2 amide bonds. The Morgan fingerprint density at radius 1 is 1.19 bits per heavy atom. The van der Waals surface area contributed by atoms with Crippen LogP contribution in [0.15, 0.2) is 36.4 Å². The van der Waals surface area contributed by atoms with E-state index in [1.54, 1.807) is 11.0 Å². The molecule has 0 aromatic heterocycles. The third-order valence-corrected chi connectivity index (χ3v) is 5.34. The third kappa shape index (κ3) is 3.57. The van der Waals surface area contributed by atoms with Crippen molar-refractivity contribution in [2.24, 2.45) is 11.7 Å². The standard InChI is InChI=1S/C21H22FN3O2/c22-17-3-5-19-16(10-17)8-14(11-23)12-25(19)21(27)9-13-1-4-18-15(7-13)2-6-20(26)24-18/h1,3-5,7,10,14H,2,6,8-9,11-12,23H2,(H,24,26). The third-order valence-electron chi connectivity index (χ3n) is 5.34. The molecular weight excluding hydrogens is 345 g/mol. The van der Waals surface area contributed by atoms with E-state index >= 15 is 0 Å². The van der Waals surface area contributed by atoms with Crippen molar-refractivity contribution in [2.45, 2.75) is 25.7 Å². The second kappa shape index (κ2) is 7.12. The molecule has 0 saturated heterocycles. The Hall–Kier alpha value is -2.73. The number of carbonyl (C=O) groups is 2. The lowest BCUT2D eigenvalue weighted by Crippen LogP contribution is -2.43. The van der Waals surface area contributed by atoms with Crippen LogP contribution < -0.4 is 16.0 Å². The number of nitrogens with zero attached hydrogens (tertiary/aromatic N) is 1. The lowest BCUT2D eigenvalue weighted by atomic mass is 9.91. The van der Waals surface area contributed by atoms with Gasteiger partial charge in [-0.05, 0) is 66.3 Å². The number of anilines is 2. The van der Waals surface area contributed by atoms with Crippen LogP contribution in [0, 0.1) is 11.7 Å². The van der Waals surface area contributed by atoms with Gasteiger partial charge >= 0.3 is 0 Å². The Morgan fingerprint density at radius 3 is 2.85 bits per heavy atom. The van der Waals surface area contributed by atoms with Gasteiger partial charge < -0.3 is 16.0 Å². The molecule has 1 atom stereocenters. The number of hydrogen-bond donors (Lipinski definition) is 2. The van der Waals surface area contributed by atoms with Gasteiger partial charge in [0.25, 0.3) is 0 Å². The van der Waals surface area contributed by atoms with Crippen molar-refractivity contribution in [3.63, 3.8) is 0 Å². The second-order valence-corrected chi connectivity index (χ2v) is 7.30. The van der Waals surface area contributed by atoms with Crippen LogP contribution in [0.5, 0.6) is 0 Å². The maximum absolute atomic E-state index is 13.6. The second-order valence-electron chi connectivity index (χ2n) is 7.30. The maximum atomic E-state index is 13.6. The van der Waals surface area contributed by atoms with Gasteiger partial charge in [0.2, 0.25) is 11.8 Å². The normalized spacial score (nSPS) is 18.5. The summed E-state index contributed by atoms with van der Waals surface area (Å²) in [5.41, 5.74) is 10.2. The average molecular weight is 367 g/mol. The zero-order valence-corrected chi connectivity index (χ0v) is 15.0. The van der Waals surface area contributed by atoms with Crippen molar-refractivity contribution in [3.05, 3.63) is 58.9 Å². The van der Waals surface area contributed by atoms with Crippen LogP contribution in [0.3, 0.4) is 0 Å². The zero-order chi connectivity index (χ0) is 19.0. The number of carbonyl (C=O) groups excluding carboxylic acids is 2. The molecule has 5 nitrogen and oxygen atoms in total.